The third-order valence-electron chi connectivity index (χ3n) is 3.55. The number of ether oxygens (including phenoxy) is 1. The number of aromatic nitrogens is 3. The summed E-state index contributed by atoms with van der Waals surface area (Å²) in [4.78, 5) is 15.4. The summed E-state index contributed by atoms with van der Waals surface area (Å²) in [5.41, 5.74) is 0.818. The molecule has 0 unspecified atom stereocenters. The molecule has 0 aromatic carbocycles. The Labute approximate surface area is 131 Å². The van der Waals surface area contributed by atoms with Gasteiger partial charge in [-0.1, -0.05) is 0 Å². The number of carbonyl (C=O) groups is 1. The largest absolute Gasteiger partial charge is 0.461 e. The zero-order valence-corrected chi connectivity index (χ0v) is 12.9. The minimum atomic E-state index is -4.65. The molecule has 0 atom stereocenters. The van der Waals surface area contributed by atoms with Crippen LogP contribution in [0.3, 0.4) is 0 Å². The second-order valence-electron chi connectivity index (χ2n) is 5.06. The average molecular weight is 327 g/mol. The van der Waals surface area contributed by atoms with Gasteiger partial charge in [0.05, 0.1) is 17.9 Å². The molecule has 0 amide bonds. The van der Waals surface area contributed by atoms with Crippen molar-refractivity contribution in [2.45, 2.75) is 26.4 Å². The molecule has 0 N–H and O–H groups in total. The van der Waals surface area contributed by atoms with Crippen molar-refractivity contribution in [2.24, 2.45) is 7.05 Å². The van der Waals surface area contributed by atoms with Gasteiger partial charge >= 0.3 is 12.1 Å². The first-order valence-corrected chi connectivity index (χ1v) is 6.90. The van der Waals surface area contributed by atoms with E-state index in [1.54, 1.807) is 11.7 Å². The summed E-state index contributed by atoms with van der Waals surface area (Å²) < 4.78 is 45.2. The summed E-state index contributed by atoms with van der Waals surface area (Å²) in [6, 6.07) is 1.93. The Bertz CT molecular complexity index is 723. The second-order valence-corrected chi connectivity index (χ2v) is 5.06. The number of hydrogen-bond donors (Lipinski definition) is 0. The molecule has 0 radical (unpaired) electrons. The zero-order chi connectivity index (χ0) is 17.2. The van der Waals surface area contributed by atoms with Gasteiger partial charge in [-0.15, -0.1) is 0 Å². The standard InChI is InChI=1S/C15H16F3N3O2/c1-9-11(10(2)21(3)20-9)6-8-23-14(22)13-12(15(16,17)18)5-4-7-19-13/h4-5,7H,6,8H2,1-3H3. The summed E-state index contributed by atoms with van der Waals surface area (Å²) in [7, 11) is 1.79. The zero-order valence-electron chi connectivity index (χ0n) is 12.9. The maximum absolute atomic E-state index is 12.8. The molecule has 2 rings (SSSR count). The van der Waals surface area contributed by atoms with Crippen LogP contribution < -0.4 is 0 Å². The molecule has 0 aliphatic rings. The van der Waals surface area contributed by atoms with Crippen molar-refractivity contribution in [3.05, 3.63) is 46.5 Å². The van der Waals surface area contributed by atoms with Crippen LogP contribution >= 0.6 is 0 Å². The van der Waals surface area contributed by atoms with Crippen LogP contribution in [0.2, 0.25) is 0 Å². The number of hydrogen-bond acceptors (Lipinski definition) is 4. The van der Waals surface area contributed by atoms with Gasteiger partial charge in [-0.25, -0.2) is 9.78 Å². The highest BCUT2D eigenvalue weighted by Crippen LogP contribution is 2.31. The van der Waals surface area contributed by atoms with Gasteiger partial charge in [-0.2, -0.15) is 18.3 Å². The first-order chi connectivity index (χ1) is 10.7. The smallest absolute Gasteiger partial charge is 0.418 e. The molecule has 5 nitrogen and oxygen atoms in total. The molecule has 124 valence electrons. The minimum absolute atomic E-state index is 0.0416. The fourth-order valence-corrected chi connectivity index (χ4v) is 2.29. The number of carbonyl (C=O) groups excluding carboxylic acids is 1. The first-order valence-electron chi connectivity index (χ1n) is 6.90. The van der Waals surface area contributed by atoms with Crippen molar-refractivity contribution in [3.8, 4) is 0 Å². The molecule has 0 saturated heterocycles. The van der Waals surface area contributed by atoms with E-state index in [0.29, 0.717) is 6.42 Å². The Morgan fingerprint density at radius 1 is 1.35 bits per heavy atom. The van der Waals surface area contributed by atoms with Gasteiger partial charge in [0.1, 0.15) is 0 Å². The van der Waals surface area contributed by atoms with E-state index >= 15 is 0 Å². The van der Waals surface area contributed by atoms with Crippen molar-refractivity contribution in [3.63, 3.8) is 0 Å². The van der Waals surface area contributed by atoms with E-state index in [9.17, 15) is 18.0 Å². The highest BCUT2D eigenvalue weighted by Gasteiger charge is 2.36. The van der Waals surface area contributed by atoms with Gasteiger partial charge in [-0.05, 0) is 31.5 Å². The van der Waals surface area contributed by atoms with Crippen molar-refractivity contribution in [1.29, 1.82) is 0 Å². The SMILES string of the molecule is Cc1nn(C)c(C)c1CCOC(=O)c1ncccc1C(F)(F)F. The van der Waals surface area contributed by atoms with E-state index < -0.39 is 23.4 Å². The molecule has 8 heteroatoms. The van der Waals surface area contributed by atoms with Crippen molar-refractivity contribution < 1.29 is 22.7 Å². The maximum Gasteiger partial charge on any atom is 0.418 e. The normalized spacial score (nSPS) is 11.6. The lowest BCUT2D eigenvalue weighted by Gasteiger charge is -2.11. The van der Waals surface area contributed by atoms with Gasteiger partial charge in [0, 0.05) is 25.4 Å². The summed E-state index contributed by atoms with van der Waals surface area (Å²) in [6.45, 7) is 3.66. The summed E-state index contributed by atoms with van der Waals surface area (Å²) in [5, 5.41) is 4.23. The summed E-state index contributed by atoms with van der Waals surface area (Å²) >= 11 is 0. The van der Waals surface area contributed by atoms with Gasteiger partial charge in [-0.3, -0.25) is 4.68 Å². The monoisotopic (exact) mass is 327 g/mol. The molecule has 0 saturated carbocycles. The summed E-state index contributed by atoms with van der Waals surface area (Å²) in [5.74, 6) is -1.09. The van der Waals surface area contributed by atoms with Crippen molar-refractivity contribution >= 4 is 5.97 Å². The van der Waals surface area contributed by atoms with Crippen LogP contribution in [0.25, 0.3) is 0 Å². The van der Waals surface area contributed by atoms with Gasteiger partial charge < -0.3 is 4.74 Å². The number of pyridine rings is 1. The lowest BCUT2D eigenvalue weighted by molar-refractivity contribution is -0.138. The number of nitrogens with zero attached hydrogens (tertiary/aromatic N) is 3. The van der Waals surface area contributed by atoms with Crippen LogP contribution in [-0.2, 0) is 24.4 Å². The predicted octanol–water partition coefficient (Wildman–Crippen LogP) is 2.85. The third-order valence-corrected chi connectivity index (χ3v) is 3.55. The molecule has 2 heterocycles. The Balaban J connectivity index is 2.06. The van der Waals surface area contributed by atoms with Gasteiger partial charge in [0.25, 0.3) is 0 Å². The van der Waals surface area contributed by atoms with E-state index in [0.717, 1.165) is 35.3 Å². The summed E-state index contributed by atoms with van der Waals surface area (Å²) in [6.07, 6.45) is -3.15. The number of aryl methyl sites for hydroxylation is 2. The van der Waals surface area contributed by atoms with E-state index in [-0.39, 0.29) is 6.61 Å². The average Bonchev–Trinajstić information content (AvgIpc) is 2.72. The lowest BCUT2D eigenvalue weighted by Crippen LogP contribution is -2.17. The predicted molar refractivity (Wildman–Crippen MR) is 75.9 cm³/mol. The van der Waals surface area contributed by atoms with E-state index in [4.69, 9.17) is 4.74 Å². The van der Waals surface area contributed by atoms with Crippen molar-refractivity contribution in [1.82, 2.24) is 14.8 Å². The van der Waals surface area contributed by atoms with Crippen molar-refractivity contribution in [2.75, 3.05) is 6.61 Å². The highest BCUT2D eigenvalue weighted by atomic mass is 19.4. The molecule has 0 bridgehead atoms. The number of halogens is 3. The van der Waals surface area contributed by atoms with Crippen LogP contribution in [0.4, 0.5) is 13.2 Å². The van der Waals surface area contributed by atoms with Crippen LogP contribution in [0.15, 0.2) is 18.3 Å². The van der Waals surface area contributed by atoms with Gasteiger partial charge in [0.15, 0.2) is 5.69 Å². The molecule has 0 aliphatic carbocycles. The minimum Gasteiger partial charge on any atom is -0.461 e. The van der Waals surface area contributed by atoms with Crippen LogP contribution in [0.5, 0.6) is 0 Å². The Morgan fingerprint density at radius 3 is 2.61 bits per heavy atom. The topological polar surface area (TPSA) is 57.0 Å². The lowest BCUT2D eigenvalue weighted by atomic mass is 10.1. The molecular weight excluding hydrogens is 311 g/mol. The quantitative estimate of drug-likeness (QED) is 0.810. The van der Waals surface area contributed by atoms with E-state index in [1.165, 1.54) is 0 Å². The molecule has 2 aromatic rings. The maximum atomic E-state index is 12.8. The van der Waals surface area contributed by atoms with Crippen LogP contribution in [-0.4, -0.2) is 27.3 Å². The van der Waals surface area contributed by atoms with E-state index in [2.05, 4.69) is 10.1 Å². The molecule has 0 fully saturated rings. The van der Waals surface area contributed by atoms with Crippen LogP contribution in [0, 0.1) is 13.8 Å². The Kier molecular flexibility index (Phi) is 4.72. The molecule has 0 spiro atoms. The van der Waals surface area contributed by atoms with Gasteiger partial charge in [0.2, 0.25) is 0 Å². The fourth-order valence-electron chi connectivity index (χ4n) is 2.29. The fraction of sp³-hybridized carbons (Fsp3) is 0.400. The number of esters is 1. The Hall–Kier alpha value is -2.38. The van der Waals surface area contributed by atoms with E-state index in [1.807, 2.05) is 13.8 Å². The molecule has 0 aliphatic heterocycles. The third kappa shape index (κ3) is 3.69. The number of rotatable bonds is 4. The molecular formula is C15H16F3N3O2. The Morgan fingerprint density at radius 2 is 2.04 bits per heavy atom. The molecule has 2 aromatic heterocycles. The van der Waals surface area contributed by atoms with Crippen LogP contribution in [0.1, 0.15) is 33.0 Å². The molecule has 23 heavy (non-hydrogen) atoms. The highest BCUT2D eigenvalue weighted by molar-refractivity contribution is 5.89. The first kappa shape index (κ1) is 17.0. The second kappa shape index (κ2) is 6.39. The number of alkyl halides is 3.